The molecule has 1 aromatic rings. The Bertz CT molecular complexity index is 532. The quantitative estimate of drug-likeness (QED) is 0.610. The van der Waals surface area contributed by atoms with Crippen molar-refractivity contribution in [2.24, 2.45) is 0 Å². The van der Waals surface area contributed by atoms with Gasteiger partial charge in [-0.05, 0) is 25.5 Å². The number of likely N-dealkylation sites (N-methyl/N-ethyl adjacent to an activating group) is 1. The Hall–Kier alpha value is -2.32. The van der Waals surface area contributed by atoms with Gasteiger partial charge in [-0.15, -0.1) is 0 Å². The van der Waals surface area contributed by atoms with Gasteiger partial charge >= 0.3 is 0 Å². The van der Waals surface area contributed by atoms with Gasteiger partial charge in [-0.1, -0.05) is 18.2 Å². The Morgan fingerprint density at radius 1 is 1.50 bits per heavy atom. The van der Waals surface area contributed by atoms with Gasteiger partial charge in [0.2, 0.25) is 0 Å². The fraction of sp³-hybridized carbons (Fsp3) is 0.333. The summed E-state index contributed by atoms with van der Waals surface area (Å²) in [6, 6.07) is 9.26. The number of anilines is 1. The average molecular weight is 273 g/mol. The van der Waals surface area contributed by atoms with E-state index in [2.05, 4.69) is 5.32 Å². The molecule has 0 saturated carbocycles. The zero-order valence-corrected chi connectivity index (χ0v) is 11.8. The van der Waals surface area contributed by atoms with E-state index in [4.69, 9.17) is 10.4 Å². The topological polar surface area (TPSA) is 76.4 Å². The van der Waals surface area contributed by atoms with Crippen molar-refractivity contribution in [3.8, 4) is 6.07 Å². The van der Waals surface area contributed by atoms with Crippen LogP contribution in [-0.4, -0.2) is 35.6 Å². The van der Waals surface area contributed by atoms with Crippen LogP contribution < -0.4 is 5.32 Å². The first-order chi connectivity index (χ1) is 9.62. The molecular formula is C15H19N3O2. The molecule has 0 unspecified atom stereocenters. The largest absolute Gasteiger partial charge is 0.395 e. The first kappa shape index (κ1) is 15.7. The molecule has 0 fully saturated rings. The van der Waals surface area contributed by atoms with Crippen LogP contribution in [-0.2, 0) is 4.79 Å². The van der Waals surface area contributed by atoms with Crippen LogP contribution in [0.3, 0.4) is 0 Å². The summed E-state index contributed by atoms with van der Waals surface area (Å²) in [5.74, 6) is -0.446. The molecule has 0 aromatic heterocycles. The molecule has 1 rings (SSSR count). The van der Waals surface area contributed by atoms with Gasteiger partial charge in [0.1, 0.15) is 11.6 Å². The number of carbonyl (C=O) groups is 1. The number of hydrogen-bond donors (Lipinski definition) is 2. The van der Waals surface area contributed by atoms with Crippen molar-refractivity contribution < 1.29 is 9.90 Å². The predicted molar refractivity (Wildman–Crippen MR) is 77.8 cm³/mol. The van der Waals surface area contributed by atoms with Crippen molar-refractivity contribution in [1.82, 2.24) is 4.90 Å². The molecule has 0 aliphatic carbocycles. The molecule has 0 radical (unpaired) electrons. The number of nitriles is 1. The van der Waals surface area contributed by atoms with Crippen molar-refractivity contribution in [3.63, 3.8) is 0 Å². The number of para-hydroxylation sites is 1. The lowest BCUT2D eigenvalue weighted by Crippen LogP contribution is -2.24. The number of aliphatic hydroxyl groups excluding tert-OH is 1. The third kappa shape index (κ3) is 4.41. The molecule has 20 heavy (non-hydrogen) atoms. The van der Waals surface area contributed by atoms with E-state index in [9.17, 15) is 4.79 Å². The lowest BCUT2D eigenvalue weighted by atomic mass is 10.2. The van der Waals surface area contributed by atoms with E-state index in [-0.39, 0.29) is 12.2 Å². The van der Waals surface area contributed by atoms with Gasteiger partial charge in [0, 0.05) is 25.0 Å². The number of nitrogens with one attached hydrogen (secondary N) is 1. The zero-order valence-electron chi connectivity index (χ0n) is 11.8. The van der Waals surface area contributed by atoms with Crippen LogP contribution in [0.5, 0.6) is 0 Å². The van der Waals surface area contributed by atoms with E-state index in [0.717, 1.165) is 5.56 Å². The fourth-order valence-corrected chi connectivity index (χ4v) is 1.67. The molecule has 5 heteroatoms. The summed E-state index contributed by atoms with van der Waals surface area (Å²) >= 11 is 0. The second kappa shape index (κ2) is 7.97. The molecule has 0 atom stereocenters. The van der Waals surface area contributed by atoms with E-state index in [1.165, 1.54) is 6.20 Å². The first-order valence-electron chi connectivity index (χ1n) is 6.46. The van der Waals surface area contributed by atoms with Crippen molar-refractivity contribution in [1.29, 1.82) is 5.26 Å². The van der Waals surface area contributed by atoms with Crippen molar-refractivity contribution >= 4 is 11.6 Å². The van der Waals surface area contributed by atoms with Crippen molar-refractivity contribution in [2.75, 3.05) is 25.0 Å². The maximum Gasteiger partial charge on any atom is 0.267 e. The highest BCUT2D eigenvalue weighted by atomic mass is 16.3. The minimum Gasteiger partial charge on any atom is -0.395 e. The monoisotopic (exact) mass is 273 g/mol. The van der Waals surface area contributed by atoms with E-state index < -0.39 is 5.91 Å². The summed E-state index contributed by atoms with van der Waals surface area (Å²) < 4.78 is 0. The Morgan fingerprint density at radius 3 is 2.75 bits per heavy atom. The Morgan fingerprint density at radius 2 is 2.20 bits per heavy atom. The maximum absolute atomic E-state index is 12.1. The lowest BCUT2D eigenvalue weighted by Gasteiger charge is -2.17. The number of nitrogens with zero attached hydrogens (tertiary/aromatic N) is 2. The molecule has 0 aliphatic heterocycles. The molecule has 0 saturated heterocycles. The van der Waals surface area contributed by atoms with Gasteiger partial charge in [0.15, 0.2) is 0 Å². The normalized spacial score (nSPS) is 10.8. The molecule has 0 heterocycles. The molecule has 2 N–H and O–H groups in total. The predicted octanol–water partition coefficient (Wildman–Crippen LogP) is 1.66. The first-order valence-corrected chi connectivity index (χ1v) is 6.46. The molecule has 1 amide bonds. The summed E-state index contributed by atoms with van der Waals surface area (Å²) in [6.07, 6.45) is 1.48. The van der Waals surface area contributed by atoms with E-state index in [1.807, 2.05) is 38.1 Å². The van der Waals surface area contributed by atoms with Gasteiger partial charge in [0.25, 0.3) is 5.91 Å². The summed E-state index contributed by atoms with van der Waals surface area (Å²) in [7, 11) is 0. The Balaban J connectivity index is 2.85. The molecule has 0 aliphatic rings. The van der Waals surface area contributed by atoms with Crippen LogP contribution in [0.1, 0.15) is 12.5 Å². The fourth-order valence-electron chi connectivity index (χ4n) is 1.67. The van der Waals surface area contributed by atoms with Gasteiger partial charge in [-0.25, -0.2) is 0 Å². The summed E-state index contributed by atoms with van der Waals surface area (Å²) in [4.78, 5) is 13.8. The molecule has 1 aromatic carbocycles. The van der Waals surface area contributed by atoms with E-state index >= 15 is 0 Å². The van der Waals surface area contributed by atoms with E-state index in [0.29, 0.717) is 18.8 Å². The highest BCUT2D eigenvalue weighted by Gasteiger charge is 2.11. The molecule has 0 bridgehead atoms. The van der Waals surface area contributed by atoms with Crippen LogP contribution in [0.25, 0.3) is 0 Å². The number of hydrogen-bond acceptors (Lipinski definition) is 4. The summed E-state index contributed by atoms with van der Waals surface area (Å²) in [5.41, 5.74) is 1.63. The highest BCUT2D eigenvalue weighted by molar-refractivity contribution is 6.06. The van der Waals surface area contributed by atoms with Gasteiger partial charge < -0.3 is 15.3 Å². The number of amides is 1. The molecule has 106 valence electrons. The van der Waals surface area contributed by atoms with Gasteiger partial charge in [0.05, 0.1) is 6.61 Å². The second-order valence-electron chi connectivity index (χ2n) is 4.28. The standard InChI is InChI=1S/C15H19N3O2/c1-3-18(8-9-19)11-13(10-16)15(20)17-14-7-5-4-6-12(14)2/h4-7,11,19H,3,8-9H2,1-2H3,(H,17,20)/b13-11-. The lowest BCUT2D eigenvalue weighted by molar-refractivity contribution is -0.112. The van der Waals surface area contributed by atoms with Crippen LogP contribution in [0.15, 0.2) is 36.0 Å². The smallest absolute Gasteiger partial charge is 0.267 e. The Labute approximate surface area is 119 Å². The average Bonchev–Trinajstić information content (AvgIpc) is 2.45. The third-order valence-electron chi connectivity index (χ3n) is 2.86. The van der Waals surface area contributed by atoms with Crippen molar-refractivity contribution in [3.05, 3.63) is 41.6 Å². The molecular weight excluding hydrogens is 254 g/mol. The summed E-state index contributed by atoms with van der Waals surface area (Å²) in [6.45, 7) is 4.75. The second-order valence-corrected chi connectivity index (χ2v) is 4.28. The SMILES string of the molecule is CCN(/C=C(/C#N)C(=O)Nc1ccccc1C)CCO. The number of carbonyl (C=O) groups excluding carboxylic acids is 1. The minimum absolute atomic E-state index is 0.0172. The number of aliphatic hydroxyl groups is 1. The highest BCUT2D eigenvalue weighted by Crippen LogP contribution is 2.14. The van der Waals surface area contributed by atoms with Crippen LogP contribution in [0.2, 0.25) is 0 Å². The number of aryl methyl sites for hydroxylation is 1. The van der Waals surface area contributed by atoms with E-state index in [1.54, 1.807) is 11.0 Å². The maximum atomic E-state index is 12.1. The number of rotatable bonds is 6. The van der Waals surface area contributed by atoms with Crippen molar-refractivity contribution in [2.45, 2.75) is 13.8 Å². The molecule has 5 nitrogen and oxygen atoms in total. The Kier molecular flexibility index (Phi) is 6.27. The van der Waals surface area contributed by atoms with Gasteiger partial charge in [-0.3, -0.25) is 4.79 Å². The van der Waals surface area contributed by atoms with Gasteiger partial charge in [-0.2, -0.15) is 5.26 Å². The number of benzene rings is 1. The van der Waals surface area contributed by atoms with Crippen LogP contribution in [0.4, 0.5) is 5.69 Å². The van der Waals surface area contributed by atoms with Crippen LogP contribution in [0, 0.1) is 18.3 Å². The minimum atomic E-state index is -0.446. The molecule has 0 spiro atoms. The summed E-state index contributed by atoms with van der Waals surface area (Å²) in [5, 5.41) is 20.7. The van der Waals surface area contributed by atoms with Crippen LogP contribution >= 0.6 is 0 Å². The zero-order chi connectivity index (χ0) is 15.0. The third-order valence-corrected chi connectivity index (χ3v) is 2.86.